The number of benzene rings is 1. The van der Waals surface area contributed by atoms with Crippen molar-refractivity contribution < 1.29 is 9.90 Å². The number of aliphatic hydroxyl groups excluding tert-OH is 1. The highest BCUT2D eigenvalue weighted by atomic mass is 16.3. The van der Waals surface area contributed by atoms with E-state index in [9.17, 15) is 9.90 Å². The van der Waals surface area contributed by atoms with Crippen molar-refractivity contribution >= 4 is 11.7 Å². The van der Waals surface area contributed by atoms with Crippen molar-refractivity contribution in [3.63, 3.8) is 0 Å². The summed E-state index contributed by atoms with van der Waals surface area (Å²) in [5, 5.41) is 18.9. The number of nitrogens with one attached hydrogen (secondary N) is 2. The topological polar surface area (TPSA) is 81.2 Å². The maximum atomic E-state index is 12.0. The van der Waals surface area contributed by atoms with Gasteiger partial charge in [-0.05, 0) is 24.6 Å². The standard InChI is InChI=1S/C14H18N4O2/c1-10(19)12-4-3-5-13(6-12)17-14(20)18(2)9-11-7-15-16-8-11/h3-8,10,19H,9H2,1-2H3,(H,15,16)(H,17,20). The number of amides is 2. The van der Waals surface area contributed by atoms with E-state index >= 15 is 0 Å². The zero-order valence-corrected chi connectivity index (χ0v) is 11.5. The number of carbonyl (C=O) groups excluding carboxylic acids is 1. The van der Waals surface area contributed by atoms with Gasteiger partial charge in [0.2, 0.25) is 0 Å². The molecule has 20 heavy (non-hydrogen) atoms. The third-order valence-corrected chi connectivity index (χ3v) is 2.94. The number of carbonyl (C=O) groups is 1. The molecule has 3 N–H and O–H groups in total. The molecule has 0 fully saturated rings. The van der Waals surface area contributed by atoms with Crippen LogP contribution in [0.3, 0.4) is 0 Å². The maximum Gasteiger partial charge on any atom is 0.321 e. The normalized spacial score (nSPS) is 11.9. The van der Waals surface area contributed by atoms with Crippen molar-refractivity contribution in [1.82, 2.24) is 15.1 Å². The number of H-pyrrole nitrogens is 1. The second-order valence-corrected chi connectivity index (χ2v) is 4.69. The Morgan fingerprint density at radius 2 is 2.35 bits per heavy atom. The summed E-state index contributed by atoms with van der Waals surface area (Å²) >= 11 is 0. The summed E-state index contributed by atoms with van der Waals surface area (Å²) in [6, 6.07) is 6.95. The lowest BCUT2D eigenvalue weighted by atomic mass is 10.1. The summed E-state index contributed by atoms with van der Waals surface area (Å²) in [7, 11) is 1.71. The smallest absolute Gasteiger partial charge is 0.321 e. The first-order valence-corrected chi connectivity index (χ1v) is 6.34. The lowest BCUT2D eigenvalue weighted by Gasteiger charge is -2.17. The summed E-state index contributed by atoms with van der Waals surface area (Å²) in [4.78, 5) is 13.6. The predicted molar refractivity (Wildman–Crippen MR) is 76.1 cm³/mol. The Kier molecular flexibility index (Phi) is 4.37. The van der Waals surface area contributed by atoms with Crippen LogP contribution >= 0.6 is 0 Å². The molecule has 0 saturated carbocycles. The zero-order valence-electron chi connectivity index (χ0n) is 11.5. The molecular weight excluding hydrogens is 256 g/mol. The van der Waals surface area contributed by atoms with E-state index in [1.807, 2.05) is 6.07 Å². The average Bonchev–Trinajstić information content (AvgIpc) is 2.91. The van der Waals surface area contributed by atoms with Gasteiger partial charge in [0.25, 0.3) is 0 Å². The monoisotopic (exact) mass is 274 g/mol. The van der Waals surface area contributed by atoms with Crippen molar-refractivity contribution in [2.75, 3.05) is 12.4 Å². The molecule has 0 aliphatic heterocycles. The molecule has 1 atom stereocenters. The second kappa shape index (κ2) is 6.21. The summed E-state index contributed by atoms with van der Waals surface area (Å²) in [5.74, 6) is 0. The van der Waals surface area contributed by atoms with E-state index in [1.54, 1.807) is 49.5 Å². The van der Waals surface area contributed by atoms with Crippen molar-refractivity contribution in [3.8, 4) is 0 Å². The minimum Gasteiger partial charge on any atom is -0.389 e. The van der Waals surface area contributed by atoms with Gasteiger partial charge in [0, 0.05) is 24.5 Å². The molecule has 1 aromatic carbocycles. The summed E-state index contributed by atoms with van der Waals surface area (Å²) in [5.41, 5.74) is 2.35. The first-order chi connectivity index (χ1) is 9.56. The Hall–Kier alpha value is -2.34. The summed E-state index contributed by atoms with van der Waals surface area (Å²) in [6.07, 6.45) is 2.87. The van der Waals surface area contributed by atoms with Gasteiger partial charge in [-0.2, -0.15) is 5.10 Å². The first-order valence-electron chi connectivity index (χ1n) is 6.34. The molecular formula is C14H18N4O2. The molecule has 2 amide bonds. The molecule has 1 heterocycles. The van der Waals surface area contributed by atoms with Crippen LogP contribution < -0.4 is 5.32 Å². The van der Waals surface area contributed by atoms with Gasteiger partial charge in [0.1, 0.15) is 0 Å². The number of urea groups is 1. The Bertz CT molecular complexity index is 566. The van der Waals surface area contributed by atoms with Gasteiger partial charge in [0.15, 0.2) is 0 Å². The van der Waals surface area contributed by atoms with Crippen LogP contribution in [0.4, 0.5) is 10.5 Å². The first kappa shape index (κ1) is 14.1. The fraction of sp³-hybridized carbons (Fsp3) is 0.286. The molecule has 0 saturated heterocycles. The maximum absolute atomic E-state index is 12.0. The van der Waals surface area contributed by atoms with Crippen LogP contribution in [-0.4, -0.2) is 33.3 Å². The van der Waals surface area contributed by atoms with Crippen molar-refractivity contribution in [2.24, 2.45) is 0 Å². The van der Waals surface area contributed by atoms with Gasteiger partial charge in [-0.3, -0.25) is 5.10 Å². The van der Waals surface area contributed by atoms with Crippen molar-refractivity contribution in [1.29, 1.82) is 0 Å². The molecule has 6 heteroatoms. The van der Waals surface area contributed by atoms with Crippen molar-refractivity contribution in [3.05, 3.63) is 47.8 Å². The van der Waals surface area contributed by atoms with E-state index < -0.39 is 6.10 Å². The highest BCUT2D eigenvalue weighted by Crippen LogP contribution is 2.17. The highest BCUT2D eigenvalue weighted by molar-refractivity contribution is 5.89. The number of aliphatic hydroxyl groups is 1. The molecule has 1 aromatic heterocycles. The molecule has 6 nitrogen and oxygen atoms in total. The molecule has 0 radical (unpaired) electrons. The van der Waals surface area contributed by atoms with Crippen LogP contribution in [-0.2, 0) is 6.54 Å². The number of aromatic amines is 1. The van der Waals surface area contributed by atoms with Crippen LogP contribution in [0, 0.1) is 0 Å². The third kappa shape index (κ3) is 3.58. The van der Waals surface area contributed by atoms with Gasteiger partial charge < -0.3 is 15.3 Å². The lowest BCUT2D eigenvalue weighted by molar-refractivity contribution is 0.199. The van der Waals surface area contributed by atoms with E-state index in [0.29, 0.717) is 12.2 Å². The number of nitrogens with zero attached hydrogens (tertiary/aromatic N) is 2. The Labute approximate surface area is 117 Å². The summed E-state index contributed by atoms with van der Waals surface area (Å²) < 4.78 is 0. The molecule has 0 bridgehead atoms. The largest absolute Gasteiger partial charge is 0.389 e. The molecule has 2 aromatic rings. The quantitative estimate of drug-likeness (QED) is 0.798. The fourth-order valence-corrected chi connectivity index (χ4v) is 1.80. The van der Waals surface area contributed by atoms with Gasteiger partial charge in [-0.25, -0.2) is 4.79 Å². The van der Waals surface area contributed by atoms with Gasteiger partial charge in [0.05, 0.1) is 18.8 Å². The van der Waals surface area contributed by atoms with Crippen LogP contribution in [0.1, 0.15) is 24.2 Å². The van der Waals surface area contributed by atoms with Gasteiger partial charge in [-0.1, -0.05) is 12.1 Å². The Morgan fingerprint density at radius 1 is 1.55 bits per heavy atom. The summed E-state index contributed by atoms with van der Waals surface area (Å²) in [6.45, 7) is 2.16. The average molecular weight is 274 g/mol. The Balaban J connectivity index is 1.98. The third-order valence-electron chi connectivity index (χ3n) is 2.94. The minimum absolute atomic E-state index is 0.214. The van der Waals surface area contributed by atoms with Crippen LogP contribution in [0.15, 0.2) is 36.7 Å². The number of rotatable bonds is 4. The zero-order chi connectivity index (χ0) is 14.5. The van der Waals surface area contributed by atoms with E-state index in [4.69, 9.17) is 0 Å². The highest BCUT2D eigenvalue weighted by Gasteiger charge is 2.10. The van der Waals surface area contributed by atoms with Crippen LogP contribution in [0.5, 0.6) is 0 Å². The lowest BCUT2D eigenvalue weighted by Crippen LogP contribution is -2.30. The van der Waals surface area contributed by atoms with Gasteiger partial charge >= 0.3 is 6.03 Å². The van der Waals surface area contributed by atoms with E-state index in [1.165, 1.54) is 0 Å². The Morgan fingerprint density at radius 3 is 3.00 bits per heavy atom. The van der Waals surface area contributed by atoms with Crippen molar-refractivity contribution in [2.45, 2.75) is 19.6 Å². The fourth-order valence-electron chi connectivity index (χ4n) is 1.80. The molecule has 0 spiro atoms. The van der Waals surface area contributed by atoms with Crippen LogP contribution in [0.25, 0.3) is 0 Å². The van der Waals surface area contributed by atoms with Gasteiger partial charge in [-0.15, -0.1) is 0 Å². The van der Waals surface area contributed by atoms with Crippen LogP contribution in [0.2, 0.25) is 0 Å². The predicted octanol–water partition coefficient (Wildman–Crippen LogP) is 2.13. The molecule has 1 unspecified atom stereocenters. The van der Waals surface area contributed by atoms with E-state index in [-0.39, 0.29) is 6.03 Å². The molecule has 0 aliphatic carbocycles. The number of hydrogen-bond acceptors (Lipinski definition) is 3. The van der Waals surface area contributed by atoms with E-state index in [0.717, 1.165) is 11.1 Å². The molecule has 106 valence electrons. The molecule has 0 aliphatic rings. The number of anilines is 1. The second-order valence-electron chi connectivity index (χ2n) is 4.69. The minimum atomic E-state index is -0.560. The number of hydrogen-bond donors (Lipinski definition) is 3. The van der Waals surface area contributed by atoms with E-state index in [2.05, 4.69) is 15.5 Å². The SMILES string of the molecule is CC(O)c1cccc(NC(=O)N(C)Cc2cn[nH]c2)c1. The number of aromatic nitrogens is 2. The molecule has 2 rings (SSSR count).